The third-order valence-corrected chi connectivity index (χ3v) is 3.71. The van der Waals surface area contributed by atoms with Crippen molar-refractivity contribution in [2.45, 2.75) is 58.2 Å². The molecule has 0 aromatic carbocycles. The minimum Gasteiger partial charge on any atom is -0.343 e. The van der Waals surface area contributed by atoms with Gasteiger partial charge in [-0.2, -0.15) is 0 Å². The van der Waals surface area contributed by atoms with Crippen LogP contribution in [0.25, 0.3) is 0 Å². The van der Waals surface area contributed by atoms with Gasteiger partial charge in [0, 0.05) is 6.04 Å². The highest BCUT2D eigenvalue weighted by Gasteiger charge is 2.39. The average molecular weight is 269 g/mol. The fourth-order valence-electron chi connectivity index (χ4n) is 2.52. The number of carbonyl (C=O) groups is 2. The van der Waals surface area contributed by atoms with Gasteiger partial charge in [0.05, 0.1) is 0 Å². The smallest absolute Gasteiger partial charge is 0.246 e. The lowest BCUT2D eigenvalue weighted by molar-refractivity contribution is -0.151. The second-order valence-electron chi connectivity index (χ2n) is 5.71. The Morgan fingerprint density at radius 2 is 2.00 bits per heavy atom. The normalized spacial score (nSPS) is 25.7. The van der Waals surface area contributed by atoms with Crippen LogP contribution in [-0.2, 0) is 9.59 Å². The summed E-state index contributed by atoms with van der Waals surface area (Å²) in [6.45, 7) is 6.77. The van der Waals surface area contributed by atoms with Crippen LogP contribution in [0.3, 0.4) is 0 Å². The zero-order valence-corrected chi connectivity index (χ0v) is 12.8. The molecule has 5 nitrogen and oxygen atoms in total. The molecule has 0 spiro atoms. The van der Waals surface area contributed by atoms with Crippen LogP contribution in [0.2, 0.25) is 0 Å². The number of nitrogens with one attached hydrogen (secondary N) is 1. The van der Waals surface area contributed by atoms with Crippen molar-refractivity contribution in [1.82, 2.24) is 15.1 Å². The fraction of sp³-hybridized carbons (Fsp3) is 0.857. The highest BCUT2D eigenvalue weighted by Crippen LogP contribution is 2.18. The molecular formula is C14H27N3O2. The maximum absolute atomic E-state index is 12.5. The molecule has 0 aromatic heterocycles. The van der Waals surface area contributed by atoms with Crippen LogP contribution < -0.4 is 5.32 Å². The van der Waals surface area contributed by atoms with Gasteiger partial charge in [0.15, 0.2) is 0 Å². The molecule has 0 aliphatic carbocycles. The summed E-state index contributed by atoms with van der Waals surface area (Å²) in [6.07, 6.45) is 2.49. The predicted molar refractivity (Wildman–Crippen MR) is 75.8 cm³/mol. The summed E-state index contributed by atoms with van der Waals surface area (Å²) in [7, 11) is 4.03. The standard InChI is InChI=1S/C14H27N3O2/c1-6-7-12-14(19)17(11(3)13(18)15-12)10(2)8-9-16(4)5/h10-12H,6-9H2,1-5H3,(H,15,18). The van der Waals surface area contributed by atoms with Gasteiger partial charge in [0.1, 0.15) is 12.1 Å². The van der Waals surface area contributed by atoms with E-state index in [-0.39, 0.29) is 29.9 Å². The van der Waals surface area contributed by atoms with E-state index in [0.29, 0.717) is 6.42 Å². The minimum absolute atomic E-state index is 0.0326. The van der Waals surface area contributed by atoms with E-state index in [4.69, 9.17) is 0 Å². The number of hydrogen-bond acceptors (Lipinski definition) is 3. The molecule has 1 heterocycles. The monoisotopic (exact) mass is 269 g/mol. The Morgan fingerprint density at radius 1 is 1.37 bits per heavy atom. The molecular weight excluding hydrogens is 242 g/mol. The van der Waals surface area contributed by atoms with E-state index in [1.807, 2.05) is 34.9 Å². The highest BCUT2D eigenvalue weighted by atomic mass is 16.2. The molecule has 1 aliphatic heterocycles. The number of rotatable bonds is 6. The number of piperazine rings is 1. The summed E-state index contributed by atoms with van der Waals surface area (Å²) >= 11 is 0. The van der Waals surface area contributed by atoms with E-state index in [1.165, 1.54) is 0 Å². The molecule has 3 unspecified atom stereocenters. The van der Waals surface area contributed by atoms with Crippen molar-refractivity contribution in [2.75, 3.05) is 20.6 Å². The van der Waals surface area contributed by atoms with Gasteiger partial charge in [0.2, 0.25) is 11.8 Å². The van der Waals surface area contributed by atoms with Crippen LogP contribution >= 0.6 is 0 Å². The molecule has 1 saturated heterocycles. The first kappa shape index (κ1) is 16.0. The molecule has 3 atom stereocenters. The molecule has 0 aromatic rings. The molecule has 1 fully saturated rings. The zero-order valence-electron chi connectivity index (χ0n) is 12.8. The molecule has 5 heteroatoms. The van der Waals surface area contributed by atoms with E-state index >= 15 is 0 Å². The van der Waals surface area contributed by atoms with E-state index in [9.17, 15) is 9.59 Å². The molecule has 1 aliphatic rings. The second-order valence-corrected chi connectivity index (χ2v) is 5.71. The summed E-state index contributed by atoms with van der Waals surface area (Å²) in [5, 5.41) is 2.83. The summed E-state index contributed by atoms with van der Waals surface area (Å²) < 4.78 is 0. The van der Waals surface area contributed by atoms with Crippen molar-refractivity contribution < 1.29 is 9.59 Å². The van der Waals surface area contributed by atoms with Crippen LogP contribution in [0.15, 0.2) is 0 Å². The van der Waals surface area contributed by atoms with Crippen molar-refractivity contribution in [3.05, 3.63) is 0 Å². The van der Waals surface area contributed by atoms with E-state index in [0.717, 1.165) is 19.4 Å². The molecule has 110 valence electrons. The van der Waals surface area contributed by atoms with E-state index < -0.39 is 0 Å². The quantitative estimate of drug-likeness (QED) is 0.777. The lowest BCUT2D eigenvalue weighted by atomic mass is 10.0. The molecule has 1 rings (SSSR count). The van der Waals surface area contributed by atoms with Gasteiger partial charge in [-0.15, -0.1) is 0 Å². The molecule has 0 radical (unpaired) electrons. The van der Waals surface area contributed by atoms with Gasteiger partial charge in [-0.05, 0) is 47.3 Å². The van der Waals surface area contributed by atoms with Gasteiger partial charge in [0.25, 0.3) is 0 Å². The summed E-state index contributed by atoms with van der Waals surface area (Å²) in [6, 6.07) is -0.608. The summed E-state index contributed by atoms with van der Waals surface area (Å²) in [5.74, 6) is 0.0370. The van der Waals surface area contributed by atoms with Crippen LogP contribution in [-0.4, -0.2) is 60.4 Å². The summed E-state index contributed by atoms with van der Waals surface area (Å²) in [4.78, 5) is 28.3. The Kier molecular flexibility index (Phi) is 5.79. The molecule has 0 saturated carbocycles. The first-order valence-electron chi connectivity index (χ1n) is 7.15. The fourth-order valence-corrected chi connectivity index (χ4v) is 2.52. The van der Waals surface area contributed by atoms with Gasteiger partial charge in [-0.3, -0.25) is 9.59 Å². The topological polar surface area (TPSA) is 52.7 Å². The summed E-state index contributed by atoms with van der Waals surface area (Å²) in [5.41, 5.74) is 0. The van der Waals surface area contributed by atoms with Crippen molar-refractivity contribution in [3.63, 3.8) is 0 Å². The Balaban J connectivity index is 2.76. The van der Waals surface area contributed by atoms with Gasteiger partial charge in [-0.25, -0.2) is 0 Å². The van der Waals surface area contributed by atoms with Crippen LogP contribution in [0.4, 0.5) is 0 Å². The zero-order chi connectivity index (χ0) is 14.6. The molecule has 2 amide bonds. The van der Waals surface area contributed by atoms with Crippen LogP contribution in [0, 0.1) is 0 Å². The van der Waals surface area contributed by atoms with Crippen LogP contribution in [0.1, 0.15) is 40.0 Å². The molecule has 19 heavy (non-hydrogen) atoms. The van der Waals surface area contributed by atoms with Crippen LogP contribution in [0.5, 0.6) is 0 Å². The third kappa shape index (κ3) is 3.93. The van der Waals surface area contributed by atoms with E-state index in [2.05, 4.69) is 10.2 Å². The highest BCUT2D eigenvalue weighted by molar-refractivity contribution is 5.96. The third-order valence-electron chi connectivity index (χ3n) is 3.71. The number of amides is 2. The SMILES string of the molecule is CCCC1NC(=O)C(C)N(C(C)CCN(C)C)C1=O. The van der Waals surface area contributed by atoms with Gasteiger partial charge >= 0.3 is 0 Å². The Morgan fingerprint density at radius 3 is 2.53 bits per heavy atom. The Bertz CT molecular complexity index is 331. The Hall–Kier alpha value is -1.10. The predicted octanol–water partition coefficient (Wildman–Crippen LogP) is 0.842. The molecule has 0 bridgehead atoms. The minimum atomic E-state index is -0.363. The van der Waals surface area contributed by atoms with E-state index in [1.54, 1.807) is 4.90 Å². The lowest BCUT2D eigenvalue weighted by Gasteiger charge is -2.41. The number of nitrogens with zero attached hydrogens (tertiary/aromatic N) is 2. The lowest BCUT2D eigenvalue weighted by Crippen LogP contribution is -2.64. The van der Waals surface area contributed by atoms with Crippen molar-refractivity contribution >= 4 is 11.8 Å². The Labute approximate surface area is 116 Å². The number of hydrogen-bond donors (Lipinski definition) is 1. The second kappa shape index (κ2) is 6.89. The van der Waals surface area contributed by atoms with Crippen molar-refractivity contribution in [3.8, 4) is 0 Å². The maximum atomic E-state index is 12.5. The largest absolute Gasteiger partial charge is 0.343 e. The number of carbonyl (C=O) groups excluding carboxylic acids is 2. The van der Waals surface area contributed by atoms with Gasteiger partial charge < -0.3 is 15.1 Å². The maximum Gasteiger partial charge on any atom is 0.246 e. The molecule has 1 N–H and O–H groups in total. The van der Waals surface area contributed by atoms with Crippen molar-refractivity contribution in [2.24, 2.45) is 0 Å². The van der Waals surface area contributed by atoms with Gasteiger partial charge in [-0.1, -0.05) is 13.3 Å². The van der Waals surface area contributed by atoms with Crippen molar-refractivity contribution in [1.29, 1.82) is 0 Å². The first-order valence-corrected chi connectivity index (χ1v) is 7.15. The average Bonchev–Trinajstić information content (AvgIpc) is 2.34. The first-order chi connectivity index (χ1) is 8.88.